The number of nitrogens with zero attached hydrogens (tertiary/aromatic N) is 2. The van der Waals surface area contributed by atoms with Gasteiger partial charge in [0, 0.05) is 29.8 Å². The predicted molar refractivity (Wildman–Crippen MR) is 87.8 cm³/mol. The lowest BCUT2D eigenvalue weighted by molar-refractivity contribution is 0.986. The van der Waals surface area contributed by atoms with Gasteiger partial charge < -0.3 is 5.32 Å². The number of benzene rings is 1. The Morgan fingerprint density at radius 1 is 1.00 bits per heavy atom. The standard InChI is InChI=1S/C18H23N3/c1-5-19-17-10-16(14-6-7-14)20-18(21-17)15-9-12(3)11(2)8-13(15)4/h8-10,14H,5-7H2,1-4H3,(H,19,20,21). The van der Waals surface area contributed by atoms with Gasteiger partial charge in [0.25, 0.3) is 0 Å². The van der Waals surface area contributed by atoms with Gasteiger partial charge >= 0.3 is 0 Å². The van der Waals surface area contributed by atoms with Crippen LogP contribution in [0.25, 0.3) is 11.4 Å². The topological polar surface area (TPSA) is 37.8 Å². The first-order chi connectivity index (χ1) is 10.1. The van der Waals surface area contributed by atoms with Crippen molar-refractivity contribution in [2.24, 2.45) is 0 Å². The minimum Gasteiger partial charge on any atom is -0.370 e. The van der Waals surface area contributed by atoms with Crippen molar-refractivity contribution in [2.45, 2.75) is 46.5 Å². The molecule has 0 amide bonds. The maximum Gasteiger partial charge on any atom is 0.162 e. The quantitative estimate of drug-likeness (QED) is 0.903. The van der Waals surface area contributed by atoms with Gasteiger partial charge in [0.15, 0.2) is 5.82 Å². The van der Waals surface area contributed by atoms with Crippen molar-refractivity contribution < 1.29 is 0 Å². The number of anilines is 1. The first-order valence-electron chi connectivity index (χ1n) is 7.79. The molecule has 2 aromatic rings. The largest absolute Gasteiger partial charge is 0.370 e. The van der Waals surface area contributed by atoms with Gasteiger partial charge in [-0.1, -0.05) is 6.07 Å². The van der Waals surface area contributed by atoms with Gasteiger partial charge in [-0.3, -0.25) is 0 Å². The van der Waals surface area contributed by atoms with E-state index < -0.39 is 0 Å². The summed E-state index contributed by atoms with van der Waals surface area (Å²) < 4.78 is 0. The third-order valence-electron chi connectivity index (χ3n) is 4.18. The van der Waals surface area contributed by atoms with Gasteiger partial charge in [-0.25, -0.2) is 9.97 Å². The van der Waals surface area contributed by atoms with Crippen LogP contribution >= 0.6 is 0 Å². The van der Waals surface area contributed by atoms with Crippen LogP contribution in [-0.4, -0.2) is 16.5 Å². The van der Waals surface area contributed by atoms with Crippen LogP contribution in [0.1, 0.15) is 48.1 Å². The normalized spacial score (nSPS) is 14.3. The molecule has 1 aromatic carbocycles. The zero-order chi connectivity index (χ0) is 15.0. The summed E-state index contributed by atoms with van der Waals surface area (Å²) in [6.45, 7) is 9.42. The van der Waals surface area contributed by atoms with Gasteiger partial charge in [0.2, 0.25) is 0 Å². The minimum atomic E-state index is 0.635. The van der Waals surface area contributed by atoms with Gasteiger partial charge in [-0.05, 0) is 63.3 Å². The number of aryl methyl sites for hydroxylation is 3. The second-order valence-corrected chi connectivity index (χ2v) is 6.06. The summed E-state index contributed by atoms with van der Waals surface area (Å²) in [6, 6.07) is 6.55. The molecule has 1 N–H and O–H groups in total. The highest BCUT2D eigenvalue weighted by Gasteiger charge is 2.26. The first kappa shape index (κ1) is 14.1. The molecule has 1 aliphatic rings. The van der Waals surface area contributed by atoms with E-state index in [4.69, 9.17) is 9.97 Å². The maximum absolute atomic E-state index is 4.83. The molecular weight excluding hydrogens is 258 g/mol. The van der Waals surface area contributed by atoms with Crippen LogP contribution in [0.2, 0.25) is 0 Å². The molecule has 0 saturated heterocycles. The third kappa shape index (κ3) is 2.92. The summed E-state index contributed by atoms with van der Waals surface area (Å²) in [6.07, 6.45) is 2.52. The maximum atomic E-state index is 4.83. The van der Waals surface area contributed by atoms with E-state index >= 15 is 0 Å². The highest BCUT2D eigenvalue weighted by atomic mass is 15.0. The zero-order valence-electron chi connectivity index (χ0n) is 13.3. The third-order valence-corrected chi connectivity index (χ3v) is 4.18. The summed E-state index contributed by atoms with van der Waals surface area (Å²) in [5.41, 5.74) is 6.20. The molecule has 0 atom stereocenters. The fraction of sp³-hybridized carbons (Fsp3) is 0.444. The summed E-state index contributed by atoms with van der Waals surface area (Å²) in [7, 11) is 0. The zero-order valence-corrected chi connectivity index (χ0v) is 13.3. The molecule has 0 aliphatic heterocycles. The van der Waals surface area contributed by atoms with Crippen LogP contribution in [0.3, 0.4) is 0 Å². The van der Waals surface area contributed by atoms with Crippen LogP contribution < -0.4 is 5.32 Å². The number of aromatic nitrogens is 2. The highest BCUT2D eigenvalue weighted by Crippen LogP contribution is 2.40. The number of hydrogen-bond acceptors (Lipinski definition) is 3. The first-order valence-corrected chi connectivity index (χ1v) is 7.79. The predicted octanol–water partition coefficient (Wildman–Crippen LogP) is 4.38. The van der Waals surface area contributed by atoms with Gasteiger partial charge in [0.05, 0.1) is 0 Å². The smallest absolute Gasteiger partial charge is 0.162 e. The van der Waals surface area contributed by atoms with Crippen molar-refractivity contribution in [1.29, 1.82) is 0 Å². The van der Waals surface area contributed by atoms with Crippen LogP contribution in [0.4, 0.5) is 5.82 Å². The Morgan fingerprint density at radius 2 is 1.71 bits per heavy atom. The Kier molecular flexibility index (Phi) is 3.66. The minimum absolute atomic E-state index is 0.635. The molecule has 0 radical (unpaired) electrons. The van der Waals surface area contributed by atoms with Crippen LogP contribution in [0.15, 0.2) is 18.2 Å². The van der Waals surface area contributed by atoms with Crippen LogP contribution in [0.5, 0.6) is 0 Å². The lowest BCUT2D eigenvalue weighted by Crippen LogP contribution is -2.04. The lowest BCUT2D eigenvalue weighted by Gasteiger charge is -2.12. The molecule has 1 aromatic heterocycles. The number of hydrogen-bond donors (Lipinski definition) is 1. The highest BCUT2D eigenvalue weighted by molar-refractivity contribution is 5.64. The summed E-state index contributed by atoms with van der Waals surface area (Å²) in [5, 5.41) is 3.34. The molecule has 0 bridgehead atoms. The van der Waals surface area contributed by atoms with Crippen molar-refractivity contribution >= 4 is 5.82 Å². The Hall–Kier alpha value is -1.90. The van der Waals surface area contributed by atoms with E-state index in [1.165, 1.54) is 35.2 Å². The molecular formula is C18H23N3. The van der Waals surface area contributed by atoms with Crippen LogP contribution in [0, 0.1) is 20.8 Å². The van der Waals surface area contributed by atoms with Gasteiger partial charge in [0.1, 0.15) is 5.82 Å². The van der Waals surface area contributed by atoms with Gasteiger partial charge in [-0.15, -0.1) is 0 Å². The fourth-order valence-corrected chi connectivity index (χ4v) is 2.65. The van der Waals surface area contributed by atoms with Crippen molar-refractivity contribution in [3.63, 3.8) is 0 Å². The lowest BCUT2D eigenvalue weighted by atomic mass is 10.0. The molecule has 110 valence electrons. The second kappa shape index (κ2) is 5.47. The molecule has 1 aliphatic carbocycles. The summed E-state index contributed by atoms with van der Waals surface area (Å²) in [5.74, 6) is 2.44. The average Bonchev–Trinajstić information content (AvgIpc) is 3.27. The molecule has 0 unspecified atom stereocenters. The fourth-order valence-electron chi connectivity index (χ4n) is 2.65. The molecule has 3 heteroatoms. The van der Waals surface area contributed by atoms with E-state index in [2.05, 4.69) is 51.2 Å². The van der Waals surface area contributed by atoms with Crippen LogP contribution in [-0.2, 0) is 0 Å². The van der Waals surface area contributed by atoms with E-state index in [1.807, 2.05) is 0 Å². The molecule has 1 saturated carbocycles. The molecule has 0 spiro atoms. The Bertz CT molecular complexity index is 672. The molecule has 1 fully saturated rings. The molecule has 1 heterocycles. The van der Waals surface area contributed by atoms with Crippen molar-refractivity contribution in [3.8, 4) is 11.4 Å². The van der Waals surface area contributed by atoms with E-state index in [9.17, 15) is 0 Å². The van der Waals surface area contributed by atoms with E-state index in [1.54, 1.807) is 0 Å². The molecule has 21 heavy (non-hydrogen) atoms. The Labute approximate surface area is 126 Å². The van der Waals surface area contributed by atoms with E-state index in [0.717, 1.165) is 23.8 Å². The van der Waals surface area contributed by atoms with Crippen molar-refractivity contribution in [3.05, 3.63) is 40.6 Å². The van der Waals surface area contributed by atoms with Crippen molar-refractivity contribution in [2.75, 3.05) is 11.9 Å². The average molecular weight is 281 g/mol. The van der Waals surface area contributed by atoms with Gasteiger partial charge in [-0.2, -0.15) is 0 Å². The number of nitrogens with one attached hydrogen (secondary N) is 1. The molecule has 3 nitrogen and oxygen atoms in total. The van der Waals surface area contributed by atoms with E-state index in [0.29, 0.717) is 5.92 Å². The SMILES string of the molecule is CCNc1cc(C2CC2)nc(-c2cc(C)c(C)cc2C)n1. The second-order valence-electron chi connectivity index (χ2n) is 6.06. The molecule has 3 rings (SSSR count). The summed E-state index contributed by atoms with van der Waals surface area (Å²) in [4.78, 5) is 9.54. The van der Waals surface area contributed by atoms with Crippen molar-refractivity contribution in [1.82, 2.24) is 9.97 Å². The number of rotatable bonds is 4. The monoisotopic (exact) mass is 281 g/mol. The Morgan fingerprint density at radius 3 is 2.38 bits per heavy atom. The Balaban J connectivity index is 2.10. The summed E-state index contributed by atoms with van der Waals surface area (Å²) >= 11 is 0. The van der Waals surface area contributed by atoms with E-state index in [-0.39, 0.29) is 0 Å².